The Kier molecular flexibility index (Phi) is 2.77. The second-order valence-corrected chi connectivity index (χ2v) is 5.33. The number of halogens is 1. The highest BCUT2D eigenvalue weighted by Gasteiger charge is 2.13. The molecule has 0 aliphatic rings. The lowest BCUT2D eigenvalue weighted by Crippen LogP contribution is -1.90. The number of para-hydroxylation sites is 1. The molecule has 0 spiro atoms. The number of thiophene rings is 1. The third-order valence-corrected chi connectivity index (χ3v) is 3.63. The number of benzene rings is 1. The van der Waals surface area contributed by atoms with Crippen LogP contribution in [0.25, 0.3) is 22.2 Å². The minimum atomic E-state index is 0.449. The van der Waals surface area contributed by atoms with Crippen LogP contribution in [0.15, 0.2) is 40.9 Å². The van der Waals surface area contributed by atoms with E-state index in [1.165, 1.54) is 11.3 Å². The van der Waals surface area contributed by atoms with Gasteiger partial charge in [0.25, 0.3) is 5.89 Å². The Bertz CT molecular complexity index is 692. The molecule has 1 aromatic carbocycles. The minimum Gasteiger partial charge on any atom is -0.398 e. The summed E-state index contributed by atoms with van der Waals surface area (Å²) >= 11 is 7.26. The third kappa shape index (κ3) is 1.98. The van der Waals surface area contributed by atoms with Gasteiger partial charge >= 0.3 is 0 Å². The number of hydrogen-bond acceptors (Lipinski definition) is 5. The van der Waals surface area contributed by atoms with Crippen LogP contribution >= 0.6 is 22.9 Å². The van der Waals surface area contributed by atoms with Crippen LogP contribution in [0.2, 0.25) is 4.34 Å². The molecule has 4 nitrogen and oxygen atoms in total. The standard InChI is InChI=1S/C12H8ClN3OS/c13-10-6-5-9(18-10)12-15-11(16-17-12)7-3-1-2-4-8(7)14/h1-6H,14H2. The summed E-state index contributed by atoms with van der Waals surface area (Å²) in [5.74, 6) is 0.928. The van der Waals surface area contributed by atoms with Gasteiger partial charge in [-0.15, -0.1) is 11.3 Å². The highest BCUT2D eigenvalue weighted by atomic mass is 35.5. The van der Waals surface area contributed by atoms with Crippen molar-refractivity contribution in [2.75, 3.05) is 5.73 Å². The van der Waals surface area contributed by atoms with Crippen LogP contribution in [0, 0.1) is 0 Å². The quantitative estimate of drug-likeness (QED) is 0.725. The largest absolute Gasteiger partial charge is 0.398 e. The number of aromatic nitrogens is 2. The van der Waals surface area contributed by atoms with Gasteiger partial charge < -0.3 is 10.3 Å². The van der Waals surface area contributed by atoms with Crippen LogP contribution in [0.5, 0.6) is 0 Å². The van der Waals surface area contributed by atoms with Crippen molar-refractivity contribution in [2.45, 2.75) is 0 Å². The van der Waals surface area contributed by atoms with E-state index in [-0.39, 0.29) is 0 Å². The highest BCUT2D eigenvalue weighted by molar-refractivity contribution is 7.19. The van der Waals surface area contributed by atoms with Gasteiger partial charge in [-0.25, -0.2) is 0 Å². The van der Waals surface area contributed by atoms with Gasteiger partial charge in [0.2, 0.25) is 5.82 Å². The predicted octanol–water partition coefficient (Wildman–Crippen LogP) is 3.70. The van der Waals surface area contributed by atoms with E-state index in [4.69, 9.17) is 21.9 Å². The molecule has 3 rings (SSSR count). The van der Waals surface area contributed by atoms with Gasteiger partial charge in [0, 0.05) is 11.3 Å². The summed E-state index contributed by atoms with van der Waals surface area (Å²) < 4.78 is 5.89. The van der Waals surface area contributed by atoms with Crippen molar-refractivity contribution in [3.63, 3.8) is 0 Å². The van der Waals surface area contributed by atoms with Gasteiger partial charge in [0.05, 0.1) is 9.21 Å². The second kappa shape index (κ2) is 4.44. The molecule has 2 aromatic heterocycles. The molecule has 0 atom stereocenters. The van der Waals surface area contributed by atoms with Crippen LogP contribution in [-0.2, 0) is 0 Å². The molecule has 0 aliphatic carbocycles. The van der Waals surface area contributed by atoms with Crippen LogP contribution in [-0.4, -0.2) is 10.1 Å². The Balaban J connectivity index is 2.02. The van der Waals surface area contributed by atoms with Gasteiger partial charge in [0.1, 0.15) is 0 Å². The molecular formula is C12H8ClN3OS. The Morgan fingerprint density at radius 1 is 1.17 bits per heavy atom. The molecule has 0 unspecified atom stereocenters. The van der Waals surface area contributed by atoms with Crippen molar-refractivity contribution in [1.29, 1.82) is 0 Å². The molecule has 2 heterocycles. The third-order valence-electron chi connectivity index (χ3n) is 2.41. The molecule has 0 saturated carbocycles. The fourth-order valence-corrected chi connectivity index (χ4v) is 2.53. The molecule has 0 amide bonds. The molecule has 0 radical (unpaired) electrons. The average molecular weight is 278 g/mol. The number of nitrogens with two attached hydrogens (primary N) is 1. The van der Waals surface area contributed by atoms with Gasteiger partial charge in [-0.3, -0.25) is 0 Å². The van der Waals surface area contributed by atoms with Crippen molar-refractivity contribution in [3.05, 3.63) is 40.7 Å². The van der Waals surface area contributed by atoms with E-state index in [9.17, 15) is 0 Å². The molecule has 18 heavy (non-hydrogen) atoms. The molecule has 0 saturated heterocycles. The summed E-state index contributed by atoms with van der Waals surface area (Å²) in [4.78, 5) is 5.16. The molecule has 0 fully saturated rings. The first-order valence-corrected chi connectivity index (χ1v) is 6.38. The lowest BCUT2D eigenvalue weighted by atomic mass is 10.2. The van der Waals surface area contributed by atoms with Gasteiger partial charge in [-0.1, -0.05) is 28.9 Å². The monoisotopic (exact) mass is 277 g/mol. The van der Waals surface area contributed by atoms with Crippen molar-refractivity contribution < 1.29 is 4.52 Å². The Morgan fingerprint density at radius 3 is 2.72 bits per heavy atom. The van der Waals surface area contributed by atoms with Crippen LogP contribution < -0.4 is 5.73 Å². The summed E-state index contributed by atoms with van der Waals surface area (Å²) in [6.45, 7) is 0. The van der Waals surface area contributed by atoms with Crippen molar-refractivity contribution in [1.82, 2.24) is 10.1 Å². The summed E-state index contributed by atoms with van der Waals surface area (Å²) in [6, 6.07) is 11.0. The SMILES string of the molecule is Nc1ccccc1-c1noc(-c2ccc(Cl)s2)n1. The first kappa shape index (κ1) is 11.3. The van der Waals surface area contributed by atoms with Crippen molar-refractivity contribution >= 4 is 28.6 Å². The first-order chi connectivity index (χ1) is 8.74. The Hall–Kier alpha value is -1.85. The van der Waals surface area contributed by atoms with E-state index >= 15 is 0 Å². The van der Waals surface area contributed by atoms with Gasteiger partial charge in [-0.05, 0) is 24.3 Å². The summed E-state index contributed by atoms with van der Waals surface area (Å²) in [5, 5.41) is 3.93. The van der Waals surface area contributed by atoms with Crippen molar-refractivity contribution in [2.24, 2.45) is 0 Å². The van der Waals surface area contributed by atoms with Crippen LogP contribution in [0.1, 0.15) is 0 Å². The van der Waals surface area contributed by atoms with Crippen LogP contribution in [0.3, 0.4) is 0 Å². The zero-order chi connectivity index (χ0) is 12.5. The zero-order valence-corrected chi connectivity index (χ0v) is 10.7. The maximum absolute atomic E-state index is 5.87. The smallest absolute Gasteiger partial charge is 0.268 e. The van der Waals surface area contributed by atoms with E-state index in [0.717, 1.165) is 10.4 Å². The lowest BCUT2D eigenvalue weighted by molar-refractivity contribution is 0.433. The van der Waals surface area contributed by atoms with E-state index in [1.807, 2.05) is 24.3 Å². The fraction of sp³-hybridized carbons (Fsp3) is 0. The topological polar surface area (TPSA) is 64.9 Å². The fourth-order valence-electron chi connectivity index (χ4n) is 1.56. The molecular weight excluding hydrogens is 270 g/mol. The Morgan fingerprint density at radius 2 is 2.00 bits per heavy atom. The minimum absolute atomic E-state index is 0.449. The average Bonchev–Trinajstić information content (AvgIpc) is 2.98. The summed E-state index contributed by atoms with van der Waals surface area (Å²) in [5.41, 5.74) is 7.24. The molecule has 3 aromatic rings. The molecule has 2 N–H and O–H groups in total. The molecule has 0 bridgehead atoms. The van der Waals surface area contributed by atoms with E-state index in [2.05, 4.69) is 10.1 Å². The maximum Gasteiger partial charge on any atom is 0.268 e. The number of nitrogens with zero attached hydrogens (tertiary/aromatic N) is 2. The molecule has 90 valence electrons. The zero-order valence-electron chi connectivity index (χ0n) is 9.13. The van der Waals surface area contributed by atoms with E-state index < -0.39 is 0 Å². The lowest BCUT2D eigenvalue weighted by Gasteiger charge is -1.97. The summed E-state index contributed by atoms with van der Waals surface area (Å²) in [7, 11) is 0. The summed E-state index contributed by atoms with van der Waals surface area (Å²) in [6.07, 6.45) is 0. The highest BCUT2D eigenvalue weighted by Crippen LogP contribution is 2.31. The maximum atomic E-state index is 5.87. The van der Waals surface area contributed by atoms with E-state index in [1.54, 1.807) is 12.1 Å². The van der Waals surface area contributed by atoms with Gasteiger partial charge in [0.15, 0.2) is 0 Å². The number of hydrogen-bond donors (Lipinski definition) is 1. The van der Waals surface area contributed by atoms with Crippen molar-refractivity contribution in [3.8, 4) is 22.2 Å². The van der Waals surface area contributed by atoms with Gasteiger partial charge in [-0.2, -0.15) is 4.98 Å². The molecule has 0 aliphatic heterocycles. The second-order valence-electron chi connectivity index (χ2n) is 3.61. The number of nitrogen functional groups attached to an aromatic ring is 1. The predicted molar refractivity (Wildman–Crippen MR) is 72.5 cm³/mol. The van der Waals surface area contributed by atoms with E-state index in [0.29, 0.717) is 21.7 Å². The van der Waals surface area contributed by atoms with Crippen LogP contribution in [0.4, 0.5) is 5.69 Å². The Labute approximate surface area is 112 Å². The number of rotatable bonds is 2. The molecule has 6 heteroatoms. The number of anilines is 1. The normalized spacial score (nSPS) is 10.7. The first-order valence-electron chi connectivity index (χ1n) is 5.18.